The van der Waals surface area contributed by atoms with Gasteiger partial charge in [-0.15, -0.1) is 0 Å². The molecule has 1 N–H and O–H groups in total. The van der Waals surface area contributed by atoms with E-state index in [1.807, 2.05) is 0 Å². The molecule has 0 saturated carbocycles. The van der Waals surface area contributed by atoms with Crippen molar-refractivity contribution in [2.45, 2.75) is 30.3 Å². The number of alkyl halides is 3. The Balaban J connectivity index is 3.00. The van der Waals surface area contributed by atoms with E-state index < -0.39 is 23.0 Å². The second kappa shape index (κ2) is 6.00. The number of hydrogen-bond donors (Lipinski definition) is 1. The van der Waals surface area contributed by atoms with Crippen molar-refractivity contribution in [1.82, 2.24) is 4.98 Å². The van der Waals surface area contributed by atoms with Crippen molar-refractivity contribution in [3.63, 3.8) is 0 Å². The number of hydrogen-bond acceptors (Lipinski definition) is 3. The fourth-order valence-electron chi connectivity index (χ4n) is 1.26. The van der Waals surface area contributed by atoms with Crippen LogP contribution in [-0.4, -0.2) is 21.3 Å². The van der Waals surface area contributed by atoms with Crippen LogP contribution >= 0.6 is 23.4 Å². The van der Waals surface area contributed by atoms with Crippen molar-refractivity contribution in [3.8, 4) is 0 Å². The zero-order valence-electron chi connectivity index (χ0n) is 10.0. The summed E-state index contributed by atoms with van der Waals surface area (Å²) in [5, 5.41) is 8.07. The highest BCUT2D eigenvalue weighted by Crippen LogP contribution is 2.36. The van der Waals surface area contributed by atoms with Gasteiger partial charge in [0, 0.05) is 6.20 Å². The normalized spacial score (nSPS) is 13.6. The van der Waals surface area contributed by atoms with Crippen LogP contribution in [0.2, 0.25) is 5.02 Å². The molecule has 0 saturated heterocycles. The number of pyridine rings is 1. The van der Waals surface area contributed by atoms with Crippen molar-refractivity contribution in [2.75, 3.05) is 0 Å². The third kappa shape index (κ3) is 4.28. The smallest absolute Gasteiger partial charge is 0.417 e. The van der Waals surface area contributed by atoms with Gasteiger partial charge in [-0.1, -0.05) is 37.2 Å². The van der Waals surface area contributed by atoms with Gasteiger partial charge in [0.2, 0.25) is 0 Å². The molecule has 0 aliphatic carbocycles. The topological polar surface area (TPSA) is 50.2 Å². The third-order valence-electron chi connectivity index (χ3n) is 2.22. The number of carboxylic acid groups (broad SMARTS) is 1. The SMILES string of the molecule is CC(C)C(Sc1ncc(C(F)(F)F)cc1Cl)C(=O)O. The highest BCUT2D eigenvalue weighted by atomic mass is 35.5. The van der Waals surface area contributed by atoms with Gasteiger partial charge in [0.1, 0.15) is 10.3 Å². The summed E-state index contributed by atoms with van der Waals surface area (Å²) in [5.41, 5.74) is -0.960. The second-order valence-electron chi connectivity index (χ2n) is 4.13. The van der Waals surface area contributed by atoms with Gasteiger partial charge in [0.15, 0.2) is 0 Å². The highest BCUT2D eigenvalue weighted by Gasteiger charge is 2.32. The maximum atomic E-state index is 12.4. The molecule has 1 aromatic rings. The molecule has 0 aromatic carbocycles. The molecular weight excluding hydrogens is 303 g/mol. The minimum absolute atomic E-state index is 0.0794. The van der Waals surface area contributed by atoms with Crippen LogP contribution in [0.25, 0.3) is 0 Å². The quantitative estimate of drug-likeness (QED) is 0.855. The van der Waals surface area contributed by atoms with Crippen LogP contribution in [-0.2, 0) is 11.0 Å². The first kappa shape index (κ1) is 16.1. The number of aliphatic carboxylic acids is 1. The van der Waals surface area contributed by atoms with Crippen molar-refractivity contribution < 1.29 is 23.1 Å². The molecule has 0 aliphatic heterocycles. The number of rotatable bonds is 4. The Morgan fingerprint density at radius 3 is 2.42 bits per heavy atom. The van der Waals surface area contributed by atoms with Crippen LogP contribution < -0.4 is 0 Å². The number of carbonyl (C=O) groups is 1. The van der Waals surface area contributed by atoms with E-state index in [1.54, 1.807) is 13.8 Å². The third-order valence-corrected chi connectivity index (χ3v) is 4.17. The molecule has 0 amide bonds. The number of aromatic nitrogens is 1. The van der Waals surface area contributed by atoms with E-state index >= 15 is 0 Å². The minimum Gasteiger partial charge on any atom is -0.480 e. The monoisotopic (exact) mass is 313 g/mol. The van der Waals surface area contributed by atoms with Crippen LogP contribution in [0.3, 0.4) is 0 Å². The Morgan fingerprint density at radius 1 is 1.47 bits per heavy atom. The van der Waals surface area contributed by atoms with Crippen molar-refractivity contribution in [2.24, 2.45) is 5.92 Å². The van der Waals surface area contributed by atoms with Gasteiger partial charge in [-0.3, -0.25) is 4.79 Å². The standard InChI is InChI=1S/C11H11ClF3NO2S/c1-5(2)8(10(17)18)19-9-7(12)3-6(4-16-9)11(13,14)15/h3-5,8H,1-2H3,(H,17,18). The van der Waals surface area contributed by atoms with Gasteiger partial charge in [0.25, 0.3) is 0 Å². The van der Waals surface area contributed by atoms with Gasteiger partial charge >= 0.3 is 12.1 Å². The zero-order valence-corrected chi connectivity index (χ0v) is 11.6. The van der Waals surface area contributed by atoms with E-state index in [1.165, 1.54) is 0 Å². The van der Waals surface area contributed by atoms with Crippen LogP contribution in [0, 0.1) is 5.92 Å². The molecule has 0 aliphatic rings. The summed E-state index contributed by atoms with van der Waals surface area (Å²) in [6.45, 7) is 3.40. The molecule has 1 aromatic heterocycles. The van der Waals surface area contributed by atoms with Crippen molar-refractivity contribution in [1.29, 1.82) is 0 Å². The summed E-state index contributed by atoms with van der Waals surface area (Å²) in [6, 6.07) is 0.746. The molecule has 1 heterocycles. The van der Waals surface area contributed by atoms with Crippen LogP contribution in [0.1, 0.15) is 19.4 Å². The van der Waals surface area contributed by atoms with E-state index in [-0.39, 0.29) is 16.0 Å². The number of nitrogens with zero attached hydrogens (tertiary/aromatic N) is 1. The summed E-state index contributed by atoms with van der Waals surface area (Å²) < 4.78 is 37.3. The molecule has 8 heteroatoms. The maximum Gasteiger partial charge on any atom is 0.417 e. The van der Waals surface area contributed by atoms with Crippen LogP contribution in [0.4, 0.5) is 13.2 Å². The van der Waals surface area contributed by atoms with E-state index in [2.05, 4.69) is 4.98 Å². The highest BCUT2D eigenvalue weighted by molar-refractivity contribution is 8.00. The molecule has 0 fully saturated rings. The lowest BCUT2D eigenvalue weighted by Crippen LogP contribution is -2.22. The first-order chi connectivity index (χ1) is 8.62. The van der Waals surface area contributed by atoms with Crippen LogP contribution in [0.15, 0.2) is 17.3 Å². The van der Waals surface area contributed by atoms with E-state index in [0.717, 1.165) is 17.8 Å². The maximum absolute atomic E-state index is 12.4. The number of carboxylic acids is 1. The van der Waals surface area contributed by atoms with Crippen molar-refractivity contribution in [3.05, 3.63) is 22.8 Å². The van der Waals surface area contributed by atoms with Gasteiger partial charge in [0.05, 0.1) is 10.6 Å². The average molecular weight is 314 g/mol. The lowest BCUT2D eigenvalue weighted by atomic mass is 10.1. The van der Waals surface area contributed by atoms with Gasteiger partial charge in [-0.05, 0) is 12.0 Å². The fourth-order valence-corrected chi connectivity index (χ4v) is 2.46. The number of thioether (sulfide) groups is 1. The van der Waals surface area contributed by atoms with E-state index in [4.69, 9.17) is 16.7 Å². The molecule has 0 radical (unpaired) electrons. The molecular formula is C11H11ClF3NO2S. The lowest BCUT2D eigenvalue weighted by Gasteiger charge is -2.16. The minimum atomic E-state index is -4.52. The average Bonchev–Trinajstić information content (AvgIpc) is 2.24. The Labute approximate surface area is 117 Å². The summed E-state index contributed by atoms with van der Waals surface area (Å²) in [7, 11) is 0. The largest absolute Gasteiger partial charge is 0.480 e. The molecule has 0 spiro atoms. The first-order valence-corrected chi connectivity index (χ1v) is 6.51. The summed E-state index contributed by atoms with van der Waals surface area (Å²) in [4.78, 5) is 14.6. The Kier molecular flexibility index (Phi) is 5.09. The lowest BCUT2D eigenvalue weighted by molar-refractivity contribution is -0.138. The molecule has 1 atom stereocenters. The predicted octanol–water partition coefficient (Wildman–Crippen LogP) is 3.96. The Hall–Kier alpha value is -0.950. The van der Waals surface area contributed by atoms with Crippen LogP contribution in [0.5, 0.6) is 0 Å². The summed E-state index contributed by atoms with van der Waals surface area (Å²) in [6.07, 6.45) is -3.88. The molecule has 19 heavy (non-hydrogen) atoms. The van der Waals surface area contributed by atoms with Gasteiger partial charge in [-0.25, -0.2) is 4.98 Å². The predicted molar refractivity (Wildman–Crippen MR) is 66.4 cm³/mol. The molecule has 3 nitrogen and oxygen atoms in total. The van der Waals surface area contributed by atoms with Gasteiger partial charge < -0.3 is 5.11 Å². The van der Waals surface area contributed by atoms with Gasteiger partial charge in [-0.2, -0.15) is 13.2 Å². The zero-order chi connectivity index (χ0) is 14.8. The molecule has 1 rings (SSSR count). The molecule has 0 bridgehead atoms. The summed E-state index contributed by atoms with van der Waals surface area (Å²) >= 11 is 6.55. The Morgan fingerprint density at radius 2 is 2.05 bits per heavy atom. The van der Waals surface area contributed by atoms with E-state index in [9.17, 15) is 18.0 Å². The second-order valence-corrected chi connectivity index (χ2v) is 5.67. The number of halogens is 4. The van der Waals surface area contributed by atoms with Crippen molar-refractivity contribution >= 4 is 29.3 Å². The first-order valence-electron chi connectivity index (χ1n) is 5.25. The Bertz CT molecular complexity index is 479. The molecule has 1 unspecified atom stereocenters. The fraction of sp³-hybridized carbons (Fsp3) is 0.455. The van der Waals surface area contributed by atoms with E-state index in [0.29, 0.717) is 6.20 Å². The molecule has 106 valence electrons. The summed E-state index contributed by atoms with van der Waals surface area (Å²) in [5.74, 6) is -1.26.